The van der Waals surface area contributed by atoms with Crippen molar-refractivity contribution < 1.29 is 13.2 Å². The van der Waals surface area contributed by atoms with Gasteiger partial charge in [-0.2, -0.15) is 0 Å². The first kappa shape index (κ1) is 21.6. The number of halogens is 3. The van der Waals surface area contributed by atoms with Crippen molar-refractivity contribution in [3.05, 3.63) is 133 Å². The Labute approximate surface area is 211 Å². The summed E-state index contributed by atoms with van der Waals surface area (Å²) in [4.78, 5) is 0. The Morgan fingerprint density at radius 3 is 1.51 bits per heavy atom. The van der Waals surface area contributed by atoms with E-state index in [2.05, 4.69) is 42.5 Å². The van der Waals surface area contributed by atoms with E-state index in [1.165, 1.54) is 16.8 Å². The maximum Gasteiger partial charge on any atom is 0.195 e. The summed E-state index contributed by atoms with van der Waals surface area (Å²) in [5.41, 5.74) is 2.69. The molecule has 7 aromatic carbocycles. The number of fused-ring (bicyclic) bond motifs is 5. The van der Waals surface area contributed by atoms with Gasteiger partial charge in [0.2, 0.25) is 0 Å². The standard InChI is InChI=1S/C34H19F3/c35-30-19-18-29(33(36)34(30)37)32-27-12-5-3-10-25(27)31(26-11-4-6-13-28(26)32)24-15-7-14-22-21-9-2-1-8-20(21)16-17-23(22)24/h1-19H. The van der Waals surface area contributed by atoms with Gasteiger partial charge in [-0.25, -0.2) is 13.2 Å². The van der Waals surface area contributed by atoms with Crippen LogP contribution in [0.25, 0.3) is 65.3 Å². The first-order valence-electron chi connectivity index (χ1n) is 12.1. The molecule has 0 spiro atoms. The summed E-state index contributed by atoms with van der Waals surface area (Å²) in [5.74, 6) is -3.84. The van der Waals surface area contributed by atoms with Gasteiger partial charge in [0.25, 0.3) is 0 Å². The zero-order chi connectivity index (χ0) is 25.1. The topological polar surface area (TPSA) is 0 Å². The maximum absolute atomic E-state index is 15.2. The molecule has 37 heavy (non-hydrogen) atoms. The third-order valence-corrected chi connectivity index (χ3v) is 7.29. The molecular weight excluding hydrogens is 465 g/mol. The molecule has 0 heterocycles. The smallest absolute Gasteiger partial charge is 0.195 e. The molecule has 0 saturated heterocycles. The van der Waals surface area contributed by atoms with Gasteiger partial charge in [0.15, 0.2) is 17.5 Å². The summed E-state index contributed by atoms with van der Waals surface area (Å²) < 4.78 is 43.4. The summed E-state index contributed by atoms with van der Waals surface area (Å²) in [6.45, 7) is 0. The molecule has 0 bridgehead atoms. The highest BCUT2D eigenvalue weighted by atomic mass is 19.2. The lowest BCUT2D eigenvalue weighted by Gasteiger charge is -2.19. The Bertz CT molecular complexity index is 1960. The van der Waals surface area contributed by atoms with E-state index in [0.29, 0.717) is 5.56 Å². The highest BCUT2D eigenvalue weighted by molar-refractivity contribution is 6.24. The van der Waals surface area contributed by atoms with Crippen LogP contribution < -0.4 is 0 Å². The van der Waals surface area contributed by atoms with Crippen LogP contribution in [0, 0.1) is 17.5 Å². The van der Waals surface area contributed by atoms with Gasteiger partial charge in [-0.15, -0.1) is 0 Å². The molecule has 3 heteroatoms. The normalized spacial score (nSPS) is 11.6. The van der Waals surface area contributed by atoms with E-state index in [9.17, 15) is 8.78 Å². The number of benzene rings is 7. The Hall–Kier alpha value is -4.63. The summed E-state index contributed by atoms with van der Waals surface area (Å²) in [6, 6.07) is 36.8. The van der Waals surface area contributed by atoms with Gasteiger partial charge in [-0.3, -0.25) is 0 Å². The summed E-state index contributed by atoms with van der Waals surface area (Å²) in [5, 5.41) is 8.00. The third kappa shape index (κ3) is 3.17. The fourth-order valence-corrected chi connectivity index (χ4v) is 5.69. The van der Waals surface area contributed by atoms with Crippen molar-refractivity contribution in [2.75, 3.05) is 0 Å². The van der Waals surface area contributed by atoms with Crippen molar-refractivity contribution in [2.24, 2.45) is 0 Å². The Balaban J connectivity index is 1.67. The molecule has 7 rings (SSSR count). The fourth-order valence-electron chi connectivity index (χ4n) is 5.69. The lowest BCUT2D eigenvalue weighted by molar-refractivity contribution is 0.449. The van der Waals surface area contributed by atoms with Gasteiger partial charge >= 0.3 is 0 Å². The van der Waals surface area contributed by atoms with Gasteiger partial charge in [0.1, 0.15) is 0 Å². The van der Waals surface area contributed by atoms with E-state index in [1.54, 1.807) is 0 Å². The van der Waals surface area contributed by atoms with Gasteiger partial charge in [-0.1, -0.05) is 103 Å². The van der Waals surface area contributed by atoms with Crippen molar-refractivity contribution in [1.29, 1.82) is 0 Å². The predicted molar refractivity (Wildman–Crippen MR) is 147 cm³/mol. The van der Waals surface area contributed by atoms with Crippen LogP contribution in [0.3, 0.4) is 0 Å². The summed E-state index contributed by atoms with van der Waals surface area (Å²) in [6.07, 6.45) is 0. The molecule has 0 N–H and O–H groups in total. The minimum Gasteiger partial charge on any atom is -0.204 e. The van der Waals surface area contributed by atoms with Gasteiger partial charge in [0.05, 0.1) is 0 Å². The van der Waals surface area contributed by atoms with E-state index >= 15 is 4.39 Å². The predicted octanol–water partition coefficient (Wildman–Crippen LogP) is 10.1. The highest BCUT2D eigenvalue weighted by Gasteiger charge is 2.22. The van der Waals surface area contributed by atoms with Crippen molar-refractivity contribution in [3.63, 3.8) is 0 Å². The van der Waals surface area contributed by atoms with Crippen LogP contribution in [0.5, 0.6) is 0 Å². The second-order valence-electron chi connectivity index (χ2n) is 9.25. The molecular formula is C34H19F3. The molecule has 0 amide bonds. The minimum atomic E-state index is -1.46. The molecule has 7 aromatic rings. The molecule has 0 aliphatic carbocycles. The second-order valence-corrected chi connectivity index (χ2v) is 9.25. The zero-order valence-electron chi connectivity index (χ0n) is 19.6. The van der Waals surface area contributed by atoms with Crippen molar-refractivity contribution >= 4 is 43.1 Å². The maximum atomic E-state index is 15.2. The van der Waals surface area contributed by atoms with Gasteiger partial charge in [0, 0.05) is 11.1 Å². The van der Waals surface area contributed by atoms with E-state index < -0.39 is 17.5 Å². The molecule has 0 aliphatic rings. The zero-order valence-corrected chi connectivity index (χ0v) is 19.6. The van der Waals surface area contributed by atoms with Crippen LogP contribution in [-0.2, 0) is 0 Å². The first-order valence-corrected chi connectivity index (χ1v) is 12.1. The van der Waals surface area contributed by atoms with Crippen LogP contribution in [0.1, 0.15) is 0 Å². The Kier molecular flexibility index (Phi) is 4.80. The van der Waals surface area contributed by atoms with E-state index in [0.717, 1.165) is 49.5 Å². The van der Waals surface area contributed by atoms with E-state index in [1.807, 2.05) is 60.7 Å². The second kappa shape index (κ2) is 8.21. The number of rotatable bonds is 2. The Morgan fingerprint density at radius 2 is 0.865 bits per heavy atom. The van der Waals surface area contributed by atoms with Crippen LogP contribution in [0.2, 0.25) is 0 Å². The van der Waals surface area contributed by atoms with Crippen LogP contribution in [0.4, 0.5) is 13.2 Å². The average Bonchev–Trinajstić information content (AvgIpc) is 2.95. The first-order chi connectivity index (χ1) is 18.1. The largest absolute Gasteiger partial charge is 0.204 e. The SMILES string of the molecule is Fc1ccc(-c2c3ccccc3c(-c3cccc4c3ccc3ccccc34)c3ccccc23)c(F)c1F. The average molecular weight is 485 g/mol. The quantitative estimate of drug-likeness (QED) is 0.130. The third-order valence-electron chi connectivity index (χ3n) is 7.29. The monoisotopic (exact) mass is 484 g/mol. The van der Waals surface area contributed by atoms with Crippen LogP contribution in [0.15, 0.2) is 115 Å². The fraction of sp³-hybridized carbons (Fsp3) is 0. The summed E-state index contributed by atoms with van der Waals surface area (Å²) in [7, 11) is 0. The van der Waals surface area contributed by atoms with E-state index in [4.69, 9.17) is 0 Å². The number of hydrogen-bond acceptors (Lipinski definition) is 0. The molecule has 0 aromatic heterocycles. The lowest BCUT2D eigenvalue weighted by atomic mass is 9.84. The van der Waals surface area contributed by atoms with Crippen molar-refractivity contribution in [2.45, 2.75) is 0 Å². The van der Waals surface area contributed by atoms with Gasteiger partial charge < -0.3 is 0 Å². The van der Waals surface area contributed by atoms with E-state index in [-0.39, 0.29) is 5.56 Å². The number of hydrogen-bond donors (Lipinski definition) is 0. The molecule has 0 nitrogen and oxygen atoms in total. The van der Waals surface area contributed by atoms with Gasteiger partial charge in [-0.05, 0) is 66.3 Å². The molecule has 0 fully saturated rings. The molecule has 176 valence electrons. The molecule has 0 saturated carbocycles. The highest BCUT2D eigenvalue weighted by Crippen LogP contribution is 2.46. The molecule has 0 radical (unpaired) electrons. The summed E-state index contributed by atoms with van der Waals surface area (Å²) >= 11 is 0. The lowest BCUT2D eigenvalue weighted by Crippen LogP contribution is -1.97. The van der Waals surface area contributed by atoms with Crippen molar-refractivity contribution in [1.82, 2.24) is 0 Å². The Morgan fingerprint density at radius 1 is 0.324 bits per heavy atom. The molecule has 0 unspecified atom stereocenters. The van der Waals surface area contributed by atoms with Crippen LogP contribution >= 0.6 is 0 Å². The molecule has 0 aliphatic heterocycles. The minimum absolute atomic E-state index is 0.0433. The van der Waals surface area contributed by atoms with Crippen LogP contribution in [-0.4, -0.2) is 0 Å². The molecule has 0 atom stereocenters. The van der Waals surface area contributed by atoms with Crippen molar-refractivity contribution in [3.8, 4) is 22.3 Å².